The molecule has 408 valence electrons. The standard InChI is InChI=1S/C23H30Cl2N4O.C23H40N4O3S.C9H8Cl2O2/c1-16(2)14-21(26)19-4-3-9-27-23(19)29-12-10-28(11-13-29)22(30)8-6-17-5-7-18(24)15-20(17)25;1-17(2)16-19(25-31(29)23(6,7)8)18-10-9-11-24-20(18)26-12-14-27(15-13-26)21(28)30-22(3,4)5;10-7-3-1-6(8(11)5-7)2-4-9(12)13/h3-5,7,9,15-16,21H,6,8,10-14,26H2,1-2H3;9-11,17,19,25H,12-16H2,1-8H3;1,3,5H,2,4H2,(H,12,13). The Kier molecular flexibility index (Phi) is 24.7. The van der Waals surface area contributed by atoms with Crippen LogP contribution >= 0.6 is 46.4 Å². The van der Waals surface area contributed by atoms with Gasteiger partial charge >= 0.3 is 12.1 Å². The van der Waals surface area contributed by atoms with Crippen molar-refractivity contribution in [2.24, 2.45) is 17.6 Å². The maximum absolute atomic E-state index is 12.9. The molecule has 2 aromatic carbocycles. The summed E-state index contributed by atoms with van der Waals surface area (Å²) in [5.41, 5.74) is 9.85. The Hall–Kier alpha value is -4.22. The van der Waals surface area contributed by atoms with Gasteiger partial charge in [-0.05, 0) is 127 Å². The summed E-state index contributed by atoms with van der Waals surface area (Å²) in [7, 11) is -1.19. The molecule has 0 spiro atoms. The molecule has 2 aromatic heterocycles. The van der Waals surface area contributed by atoms with Gasteiger partial charge in [-0.25, -0.2) is 23.7 Å². The second-order valence-corrected chi connectivity index (χ2v) is 25.1. The molecule has 0 aliphatic carbocycles. The highest BCUT2D eigenvalue weighted by atomic mass is 35.5. The molecule has 2 fully saturated rings. The lowest BCUT2D eigenvalue weighted by atomic mass is 9.98. The zero-order valence-corrected chi connectivity index (χ0v) is 48.6. The number of nitrogens with zero attached hydrogens (tertiary/aromatic N) is 6. The summed E-state index contributed by atoms with van der Waals surface area (Å²) in [5, 5.41) is 10.7. The minimum Gasteiger partial charge on any atom is -0.481 e. The molecule has 74 heavy (non-hydrogen) atoms. The average Bonchev–Trinajstić information content (AvgIpc) is 3.32. The van der Waals surface area contributed by atoms with Gasteiger partial charge in [0.25, 0.3) is 0 Å². The van der Waals surface area contributed by atoms with E-state index in [0.717, 1.165) is 59.8 Å². The number of nitrogens with one attached hydrogen (secondary N) is 1. The van der Waals surface area contributed by atoms with E-state index in [1.807, 2.05) is 70.8 Å². The van der Waals surface area contributed by atoms with Crippen molar-refractivity contribution >= 4 is 87.0 Å². The summed E-state index contributed by atoms with van der Waals surface area (Å²) in [6, 6.07) is 18.4. The first-order chi connectivity index (χ1) is 34.7. The number of benzene rings is 2. The van der Waals surface area contributed by atoms with Crippen LogP contribution in [-0.4, -0.2) is 110 Å². The molecular formula is C55H78Cl4N8O6S. The van der Waals surface area contributed by atoms with E-state index < -0.39 is 22.6 Å². The predicted molar refractivity (Wildman–Crippen MR) is 304 cm³/mol. The summed E-state index contributed by atoms with van der Waals surface area (Å²) in [5.74, 6) is 2.13. The molecule has 0 radical (unpaired) electrons. The zero-order valence-electron chi connectivity index (χ0n) is 44.8. The number of piperazine rings is 2. The van der Waals surface area contributed by atoms with Crippen LogP contribution in [0.4, 0.5) is 16.4 Å². The van der Waals surface area contributed by atoms with Gasteiger partial charge < -0.3 is 35.2 Å². The Labute approximate surface area is 462 Å². The maximum Gasteiger partial charge on any atom is 0.410 e. The first-order valence-corrected chi connectivity index (χ1v) is 28.1. The van der Waals surface area contributed by atoms with Crippen LogP contribution in [0.25, 0.3) is 0 Å². The lowest BCUT2D eigenvalue weighted by Crippen LogP contribution is -2.50. The minimum atomic E-state index is -1.19. The molecule has 2 aliphatic heterocycles. The van der Waals surface area contributed by atoms with Crippen LogP contribution in [0.5, 0.6) is 0 Å². The average molecular weight is 1120 g/mol. The van der Waals surface area contributed by atoms with Crippen molar-refractivity contribution in [3.63, 3.8) is 0 Å². The van der Waals surface area contributed by atoms with Crippen LogP contribution < -0.4 is 20.3 Å². The number of anilines is 2. The molecule has 2 aliphatic rings. The lowest BCUT2D eigenvalue weighted by Gasteiger charge is -2.37. The molecule has 0 bridgehead atoms. The third-order valence-electron chi connectivity index (χ3n) is 12.1. The number of nitrogens with two attached hydrogens (primary N) is 1. The van der Waals surface area contributed by atoms with Crippen molar-refractivity contribution in [1.82, 2.24) is 24.5 Å². The number of aromatic nitrogens is 2. The third kappa shape index (κ3) is 20.7. The van der Waals surface area contributed by atoms with E-state index in [4.69, 9.17) is 62.0 Å². The molecule has 4 aromatic rings. The predicted octanol–water partition coefficient (Wildman–Crippen LogP) is 12.0. The number of carbonyl (C=O) groups is 3. The lowest BCUT2D eigenvalue weighted by molar-refractivity contribution is -0.137. The number of aliphatic carboxylic acids is 1. The second kappa shape index (κ2) is 29.3. The fourth-order valence-electron chi connectivity index (χ4n) is 8.24. The number of carbonyl (C=O) groups excluding carboxylic acids is 2. The van der Waals surface area contributed by atoms with Crippen molar-refractivity contribution in [3.05, 3.63) is 115 Å². The van der Waals surface area contributed by atoms with Crippen LogP contribution in [-0.2, 0) is 38.2 Å². The van der Waals surface area contributed by atoms with Gasteiger partial charge in [-0.1, -0.05) is 98.4 Å². The van der Waals surface area contributed by atoms with Crippen LogP contribution in [0.1, 0.15) is 129 Å². The molecule has 2 saturated heterocycles. The summed E-state index contributed by atoms with van der Waals surface area (Å²) in [4.78, 5) is 52.8. The smallest absolute Gasteiger partial charge is 0.410 e. The highest BCUT2D eigenvalue weighted by molar-refractivity contribution is 7.84. The third-order valence-corrected chi connectivity index (χ3v) is 14.8. The van der Waals surface area contributed by atoms with E-state index in [-0.39, 0.29) is 35.3 Å². The SMILES string of the molecule is CC(C)CC(N)c1cccnc1N1CCN(C(=O)CCc2ccc(Cl)cc2Cl)CC1.CC(C)CC(NS(=O)C(C)(C)C)c1cccnc1N1CCN(C(=O)OC(C)(C)C)CC1.O=C(O)CCc1ccc(Cl)cc1Cl. The number of carboxylic acid groups (broad SMARTS) is 1. The van der Waals surface area contributed by atoms with E-state index >= 15 is 0 Å². The second-order valence-electron chi connectivity index (χ2n) is 21.4. The number of pyridine rings is 2. The molecule has 3 unspecified atom stereocenters. The number of halogens is 4. The van der Waals surface area contributed by atoms with E-state index in [0.29, 0.717) is 90.5 Å². The quantitative estimate of drug-likeness (QED) is 0.0974. The van der Waals surface area contributed by atoms with Gasteiger partial charge in [-0.3, -0.25) is 9.59 Å². The fourth-order valence-corrected chi connectivity index (χ4v) is 10.1. The first-order valence-electron chi connectivity index (χ1n) is 25.4. The Morgan fingerprint density at radius 2 is 1.15 bits per heavy atom. The van der Waals surface area contributed by atoms with Gasteiger partial charge in [-0.15, -0.1) is 0 Å². The van der Waals surface area contributed by atoms with Crippen LogP contribution in [0.3, 0.4) is 0 Å². The Balaban J connectivity index is 0.000000259. The molecule has 14 nitrogen and oxygen atoms in total. The van der Waals surface area contributed by atoms with Gasteiger partial charge in [0.15, 0.2) is 0 Å². The summed E-state index contributed by atoms with van der Waals surface area (Å²) in [6.45, 7) is 25.7. The van der Waals surface area contributed by atoms with Gasteiger partial charge in [0.2, 0.25) is 5.91 Å². The topological polar surface area (TPSA) is 175 Å². The largest absolute Gasteiger partial charge is 0.481 e. The molecule has 6 rings (SSSR count). The normalized spacial score (nSPS) is 15.4. The molecule has 3 atom stereocenters. The van der Waals surface area contributed by atoms with Crippen molar-refractivity contribution in [3.8, 4) is 0 Å². The molecule has 4 heterocycles. The molecular weight excluding hydrogens is 1040 g/mol. The number of amides is 2. The number of carboxylic acids is 1. The molecule has 19 heteroatoms. The number of aryl methyl sites for hydroxylation is 2. The maximum atomic E-state index is 12.9. The van der Waals surface area contributed by atoms with Crippen molar-refractivity contribution in [2.75, 3.05) is 62.2 Å². The van der Waals surface area contributed by atoms with Gasteiger partial charge in [0.1, 0.15) is 17.2 Å². The highest BCUT2D eigenvalue weighted by Gasteiger charge is 2.31. The highest BCUT2D eigenvalue weighted by Crippen LogP contribution is 2.32. The minimum absolute atomic E-state index is 0.0301. The van der Waals surface area contributed by atoms with Crippen molar-refractivity contribution in [1.29, 1.82) is 0 Å². The number of ether oxygens (including phenoxy) is 1. The fraction of sp³-hybridized carbons (Fsp3) is 0.545. The van der Waals surface area contributed by atoms with E-state index in [9.17, 15) is 18.6 Å². The van der Waals surface area contributed by atoms with Gasteiger partial charge in [-0.2, -0.15) is 0 Å². The van der Waals surface area contributed by atoms with Crippen LogP contribution in [0.2, 0.25) is 20.1 Å². The van der Waals surface area contributed by atoms with Crippen molar-refractivity contribution < 1.29 is 28.4 Å². The molecule has 4 N–H and O–H groups in total. The first kappa shape index (κ1) is 62.3. The number of hydrogen-bond donors (Lipinski definition) is 3. The number of hydrogen-bond acceptors (Lipinski definition) is 10. The Morgan fingerprint density at radius 1 is 0.689 bits per heavy atom. The van der Waals surface area contributed by atoms with E-state index in [2.05, 4.69) is 64.3 Å². The van der Waals surface area contributed by atoms with Crippen LogP contribution in [0.15, 0.2) is 73.1 Å². The van der Waals surface area contributed by atoms with E-state index in [1.54, 1.807) is 41.4 Å². The Bertz CT molecular complexity index is 2470. The summed E-state index contributed by atoms with van der Waals surface area (Å²) < 4.78 is 21.4. The monoisotopic (exact) mass is 1120 g/mol. The van der Waals surface area contributed by atoms with Crippen LogP contribution in [0, 0.1) is 11.8 Å². The van der Waals surface area contributed by atoms with Crippen molar-refractivity contribution in [2.45, 2.75) is 130 Å². The zero-order chi connectivity index (χ0) is 54.9. The number of rotatable bonds is 16. The van der Waals surface area contributed by atoms with Gasteiger partial charge in [0.05, 0.1) is 15.7 Å². The Morgan fingerprint density at radius 3 is 1.59 bits per heavy atom. The summed E-state index contributed by atoms with van der Waals surface area (Å²) in [6.07, 6.45) is 6.70. The van der Waals surface area contributed by atoms with E-state index in [1.165, 1.54) is 0 Å². The van der Waals surface area contributed by atoms with Gasteiger partial charge in [0, 0.05) is 121 Å². The molecule has 0 saturated carbocycles. The molecule has 2 amide bonds. The summed E-state index contributed by atoms with van der Waals surface area (Å²) >= 11 is 23.7.